The summed E-state index contributed by atoms with van der Waals surface area (Å²) in [5.41, 5.74) is 7.50. The van der Waals surface area contributed by atoms with Gasteiger partial charge in [0, 0.05) is 22.7 Å². The van der Waals surface area contributed by atoms with Gasteiger partial charge in [0.1, 0.15) is 18.2 Å². The molecule has 218 valence electrons. The summed E-state index contributed by atoms with van der Waals surface area (Å²) in [6.45, 7) is 4.92. The summed E-state index contributed by atoms with van der Waals surface area (Å²) in [6.07, 6.45) is 4.16. The molecule has 5 rings (SSSR count). The van der Waals surface area contributed by atoms with E-state index in [9.17, 15) is 9.18 Å². The number of benzene rings is 5. The first kappa shape index (κ1) is 30.4. The van der Waals surface area contributed by atoms with E-state index in [-0.39, 0.29) is 13.7 Å². The summed E-state index contributed by atoms with van der Waals surface area (Å²) in [4.78, 5) is 12.0. The van der Waals surface area contributed by atoms with E-state index in [0.29, 0.717) is 12.2 Å². The van der Waals surface area contributed by atoms with Crippen LogP contribution >= 0.6 is 8.58 Å². The molecule has 0 aliphatic rings. The number of rotatable bonds is 13. The summed E-state index contributed by atoms with van der Waals surface area (Å²) in [5, 5.41) is 0.536. The molecular formula is C39H38FO2P. The fourth-order valence-electron chi connectivity index (χ4n) is 5.75. The number of carbonyl (C=O) groups excluding carboxylic acids is 1. The Hall–Kier alpha value is -4.07. The number of carbonyl (C=O) groups is 1. The van der Waals surface area contributed by atoms with Crippen LogP contribution in [-0.4, -0.2) is 6.29 Å². The van der Waals surface area contributed by atoms with Gasteiger partial charge in [-0.15, -0.1) is 0 Å². The van der Waals surface area contributed by atoms with Crippen LogP contribution in [0.2, 0.25) is 0 Å². The SMILES string of the molecule is CCCC(C)(Pc1ccc(F)cc1C=O)c1cc(Cc2ccccc2)cc(Cc2ccccc2)c1OCc1ccccc1. The van der Waals surface area contributed by atoms with Gasteiger partial charge in [0.25, 0.3) is 0 Å². The van der Waals surface area contributed by atoms with Crippen molar-refractivity contribution >= 4 is 20.2 Å². The van der Waals surface area contributed by atoms with Crippen molar-refractivity contribution in [2.75, 3.05) is 0 Å². The normalized spacial score (nSPS) is 12.7. The molecule has 0 radical (unpaired) electrons. The van der Waals surface area contributed by atoms with E-state index < -0.39 is 5.82 Å². The minimum atomic E-state index is -0.394. The van der Waals surface area contributed by atoms with E-state index in [4.69, 9.17) is 4.74 Å². The number of hydrogen-bond acceptors (Lipinski definition) is 2. The quantitative estimate of drug-likeness (QED) is 0.101. The second kappa shape index (κ2) is 14.4. The Kier molecular flexibility index (Phi) is 10.2. The lowest BCUT2D eigenvalue weighted by Crippen LogP contribution is -2.23. The predicted molar refractivity (Wildman–Crippen MR) is 178 cm³/mol. The monoisotopic (exact) mass is 588 g/mol. The molecule has 0 saturated carbocycles. The van der Waals surface area contributed by atoms with Crippen LogP contribution in [0.4, 0.5) is 4.39 Å². The molecule has 2 unspecified atom stereocenters. The first-order valence-corrected chi connectivity index (χ1v) is 15.9. The van der Waals surface area contributed by atoms with Gasteiger partial charge in [-0.1, -0.05) is 138 Å². The van der Waals surface area contributed by atoms with Crippen molar-refractivity contribution in [2.45, 2.75) is 51.3 Å². The second-order valence-corrected chi connectivity index (χ2v) is 13.2. The van der Waals surface area contributed by atoms with Gasteiger partial charge in [-0.3, -0.25) is 4.79 Å². The highest BCUT2D eigenvalue weighted by atomic mass is 31.1. The fraction of sp³-hybridized carbons (Fsp3) is 0.205. The van der Waals surface area contributed by atoms with Gasteiger partial charge in [0.15, 0.2) is 6.29 Å². The lowest BCUT2D eigenvalue weighted by molar-refractivity contribution is 0.112. The van der Waals surface area contributed by atoms with Crippen molar-refractivity contribution in [2.24, 2.45) is 0 Å². The zero-order valence-electron chi connectivity index (χ0n) is 24.9. The van der Waals surface area contributed by atoms with Gasteiger partial charge >= 0.3 is 0 Å². The molecule has 5 aromatic carbocycles. The fourth-order valence-corrected chi connectivity index (χ4v) is 7.48. The van der Waals surface area contributed by atoms with Gasteiger partial charge in [-0.2, -0.15) is 0 Å². The maximum atomic E-state index is 14.1. The van der Waals surface area contributed by atoms with Gasteiger partial charge in [0.2, 0.25) is 0 Å². The molecule has 0 bridgehead atoms. The molecule has 0 aromatic heterocycles. The summed E-state index contributed by atoms with van der Waals surface area (Å²) < 4.78 is 20.9. The molecule has 2 nitrogen and oxygen atoms in total. The number of aldehydes is 1. The van der Waals surface area contributed by atoms with Crippen LogP contribution in [0.1, 0.15) is 70.4 Å². The van der Waals surface area contributed by atoms with E-state index in [1.807, 2.05) is 30.3 Å². The Labute approximate surface area is 256 Å². The van der Waals surface area contributed by atoms with E-state index in [2.05, 4.69) is 86.6 Å². The van der Waals surface area contributed by atoms with E-state index in [1.54, 1.807) is 6.07 Å². The van der Waals surface area contributed by atoms with Crippen LogP contribution < -0.4 is 10.0 Å². The third-order valence-corrected chi connectivity index (χ3v) is 9.63. The second-order valence-electron chi connectivity index (χ2n) is 11.3. The Morgan fingerprint density at radius 2 is 1.35 bits per heavy atom. The first-order chi connectivity index (χ1) is 21.0. The average Bonchev–Trinajstić information content (AvgIpc) is 3.03. The van der Waals surface area contributed by atoms with Gasteiger partial charge in [-0.05, 0) is 58.1 Å². The number of hydrogen-bond donors (Lipinski definition) is 0. The molecule has 0 saturated heterocycles. The zero-order chi connectivity index (χ0) is 30.1. The van der Waals surface area contributed by atoms with E-state index in [1.165, 1.54) is 28.8 Å². The summed E-state index contributed by atoms with van der Waals surface area (Å²) >= 11 is 0. The van der Waals surface area contributed by atoms with Crippen molar-refractivity contribution in [3.8, 4) is 5.75 Å². The lowest BCUT2D eigenvalue weighted by atomic mass is 9.87. The molecule has 0 amide bonds. The topological polar surface area (TPSA) is 26.3 Å². The van der Waals surface area contributed by atoms with Crippen LogP contribution in [0, 0.1) is 5.82 Å². The van der Waals surface area contributed by atoms with Crippen LogP contribution in [-0.2, 0) is 24.6 Å². The minimum absolute atomic E-state index is 0.253. The van der Waals surface area contributed by atoms with Crippen molar-refractivity contribution in [3.63, 3.8) is 0 Å². The van der Waals surface area contributed by atoms with Crippen LogP contribution in [0.3, 0.4) is 0 Å². The lowest BCUT2D eigenvalue weighted by Gasteiger charge is -2.34. The maximum absolute atomic E-state index is 14.1. The molecule has 0 fully saturated rings. The van der Waals surface area contributed by atoms with E-state index in [0.717, 1.165) is 59.7 Å². The molecule has 0 spiro atoms. The van der Waals surface area contributed by atoms with Crippen molar-refractivity contribution < 1.29 is 13.9 Å². The van der Waals surface area contributed by atoms with Crippen LogP contribution in [0.25, 0.3) is 0 Å². The van der Waals surface area contributed by atoms with Gasteiger partial charge in [0.05, 0.1) is 0 Å². The standard InChI is InChI=1S/C39H38FO2P/c1-3-21-39(2,43-37-20-19-35(40)26-34(37)27-41)36-25-32(22-29-13-7-4-8-14-29)24-33(23-30-15-9-5-10-16-30)38(36)42-28-31-17-11-6-12-18-31/h4-20,24-27,43H,3,21-23,28H2,1-2H3. The highest BCUT2D eigenvalue weighted by Gasteiger charge is 2.32. The van der Waals surface area contributed by atoms with Crippen LogP contribution in [0.5, 0.6) is 5.75 Å². The molecule has 4 heteroatoms. The highest BCUT2D eigenvalue weighted by molar-refractivity contribution is 7.48. The minimum Gasteiger partial charge on any atom is -0.488 e. The molecule has 0 aliphatic heterocycles. The van der Waals surface area contributed by atoms with E-state index >= 15 is 0 Å². The molecule has 0 heterocycles. The summed E-state index contributed by atoms with van der Waals surface area (Å²) in [6, 6.07) is 40.5. The predicted octanol–water partition coefficient (Wildman–Crippen LogP) is 9.42. The van der Waals surface area contributed by atoms with Gasteiger partial charge in [-0.25, -0.2) is 4.39 Å². The van der Waals surface area contributed by atoms with Crippen molar-refractivity contribution in [1.29, 1.82) is 0 Å². The zero-order valence-corrected chi connectivity index (χ0v) is 25.9. The maximum Gasteiger partial charge on any atom is 0.150 e. The molecular weight excluding hydrogens is 550 g/mol. The average molecular weight is 589 g/mol. The Morgan fingerprint density at radius 1 is 0.744 bits per heavy atom. The molecule has 43 heavy (non-hydrogen) atoms. The third kappa shape index (κ3) is 7.86. The van der Waals surface area contributed by atoms with Crippen molar-refractivity contribution in [1.82, 2.24) is 0 Å². The molecule has 0 aliphatic carbocycles. The number of halogens is 1. The summed E-state index contributed by atoms with van der Waals surface area (Å²) in [5.74, 6) is 0.512. The molecule has 5 aromatic rings. The highest BCUT2D eigenvalue weighted by Crippen LogP contribution is 2.50. The number of ether oxygens (including phenoxy) is 1. The Balaban J connectivity index is 1.68. The molecule has 0 N–H and O–H groups in total. The van der Waals surface area contributed by atoms with Gasteiger partial charge < -0.3 is 4.74 Å². The largest absolute Gasteiger partial charge is 0.488 e. The summed E-state index contributed by atoms with van der Waals surface area (Å²) in [7, 11) is 0.253. The van der Waals surface area contributed by atoms with Crippen LogP contribution in [0.15, 0.2) is 121 Å². The first-order valence-electron chi connectivity index (χ1n) is 14.9. The third-order valence-electron chi connectivity index (χ3n) is 7.84. The smallest absolute Gasteiger partial charge is 0.150 e. The molecule has 2 atom stereocenters. The Morgan fingerprint density at radius 3 is 1.95 bits per heavy atom. The Bertz CT molecular complexity index is 1640. The van der Waals surface area contributed by atoms with Crippen molar-refractivity contribution in [3.05, 3.63) is 166 Å².